The molecule has 7 nitrogen and oxygen atoms in total. The quantitative estimate of drug-likeness (QED) is 0.378. The first-order valence-corrected chi connectivity index (χ1v) is 12.3. The van der Waals surface area contributed by atoms with Crippen LogP contribution in [0.3, 0.4) is 0 Å². The number of aryl methyl sites for hydroxylation is 2. The molecule has 0 atom stereocenters. The molecule has 36 heavy (non-hydrogen) atoms. The topological polar surface area (TPSA) is 66.4 Å². The molecule has 0 radical (unpaired) electrons. The molecule has 1 saturated heterocycles. The van der Waals surface area contributed by atoms with Crippen LogP contribution < -0.4 is 10.1 Å². The van der Waals surface area contributed by atoms with Gasteiger partial charge in [-0.3, -0.25) is 9.88 Å². The summed E-state index contributed by atoms with van der Waals surface area (Å²) in [6.45, 7) is 9.42. The summed E-state index contributed by atoms with van der Waals surface area (Å²) >= 11 is 0. The third-order valence-electron chi connectivity index (χ3n) is 6.50. The number of rotatable bonds is 7. The van der Waals surface area contributed by atoms with Crippen molar-refractivity contribution in [2.75, 3.05) is 38.5 Å². The molecular weight excluding hydrogens is 448 g/mol. The van der Waals surface area contributed by atoms with E-state index in [4.69, 9.17) is 9.72 Å². The van der Waals surface area contributed by atoms with Crippen LogP contribution in [0, 0.1) is 13.8 Å². The van der Waals surface area contributed by atoms with E-state index >= 15 is 0 Å². The standard InChI is InChI=1S/C29H32N6O/c1-21-17-27(29(32-22(21)2)26-9-4-5-11-30-26)36-25-10-12-31-28(19-25)33-24-8-6-7-23(18-24)20-35-15-13-34(3)14-16-35/h4-12,17-19H,13-16,20H2,1-3H3,(H,31,33). The van der Waals surface area contributed by atoms with E-state index < -0.39 is 0 Å². The molecule has 1 aliphatic heterocycles. The Labute approximate surface area is 212 Å². The van der Waals surface area contributed by atoms with Crippen molar-refractivity contribution in [3.05, 3.63) is 89.9 Å². The lowest BCUT2D eigenvalue weighted by molar-refractivity contribution is 0.148. The van der Waals surface area contributed by atoms with Crippen LogP contribution in [0.15, 0.2) is 73.1 Å². The van der Waals surface area contributed by atoms with Gasteiger partial charge in [-0.15, -0.1) is 0 Å². The number of ether oxygens (including phenoxy) is 1. The van der Waals surface area contributed by atoms with Crippen LogP contribution in [-0.2, 0) is 6.54 Å². The van der Waals surface area contributed by atoms with E-state index in [0.717, 1.165) is 66.9 Å². The highest BCUT2D eigenvalue weighted by Crippen LogP contribution is 2.33. The summed E-state index contributed by atoms with van der Waals surface area (Å²) in [6.07, 6.45) is 3.52. The third kappa shape index (κ3) is 5.87. The monoisotopic (exact) mass is 480 g/mol. The Morgan fingerprint density at radius 2 is 1.75 bits per heavy atom. The molecule has 1 fully saturated rings. The third-order valence-corrected chi connectivity index (χ3v) is 6.50. The number of likely N-dealkylation sites (N-methyl/N-ethyl adjacent to an activating group) is 1. The van der Waals surface area contributed by atoms with Crippen LogP contribution in [-0.4, -0.2) is 58.0 Å². The van der Waals surface area contributed by atoms with Gasteiger partial charge < -0.3 is 15.0 Å². The Kier molecular flexibility index (Phi) is 7.21. The van der Waals surface area contributed by atoms with E-state index in [1.54, 1.807) is 12.4 Å². The van der Waals surface area contributed by atoms with E-state index in [9.17, 15) is 0 Å². The number of piperazine rings is 1. The minimum Gasteiger partial charge on any atom is -0.455 e. The van der Waals surface area contributed by atoms with Crippen molar-refractivity contribution in [1.82, 2.24) is 24.8 Å². The smallest absolute Gasteiger partial charge is 0.155 e. The van der Waals surface area contributed by atoms with Crippen molar-refractivity contribution in [3.63, 3.8) is 0 Å². The molecule has 0 saturated carbocycles. The Hall–Kier alpha value is -3.81. The molecule has 5 rings (SSSR count). The van der Waals surface area contributed by atoms with Crippen molar-refractivity contribution < 1.29 is 4.74 Å². The highest BCUT2D eigenvalue weighted by Gasteiger charge is 2.15. The average molecular weight is 481 g/mol. The van der Waals surface area contributed by atoms with Gasteiger partial charge in [-0.2, -0.15) is 0 Å². The van der Waals surface area contributed by atoms with Gasteiger partial charge in [-0.05, 0) is 68.4 Å². The van der Waals surface area contributed by atoms with Gasteiger partial charge in [-0.1, -0.05) is 18.2 Å². The minimum absolute atomic E-state index is 0.670. The number of aromatic nitrogens is 3. The fourth-order valence-corrected chi connectivity index (χ4v) is 4.27. The van der Waals surface area contributed by atoms with E-state index in [0.29, 0.717) is 11.5 Å². The summed E-state index contributed by atoms with van der Waals surface area (Å²) < 4.78 is 6.32. The molecule has 0 spiro atoms. The summed E-state index contributed by atoms with van der Waals surface area (Å²) in [6, 6.07) is 20.1. The molecule has 0 aliphatic carbocycles. The lowest BCUT2D eigenvalue weighted by Gasteiger charge is -2.32. The molecule has 7 heteroatoms. The largest absolute Gasteiger partial charge is 0.455 e. The summed E-state index contributed by atoms with van der Waals surface area (Å²) in [7, 11) is 2.18. The minimum atomic E-state index is 0.670. The first kappa shape index (κ1) is 23.9. The van der Waals surface area contributed by atoms with Gasteiger partial charge in [0.05, 0.1) is 5.69 Å². The Morgan fingerprint density at radius 1 is 0.889 bits per heavy atom. The Balaban J connectivity index is 1.32. The number of benzene rings is 1. The maximum absolute atomic E-state index is 6.32. The van der Waals surface area contributed by atoms with Crippen LogP contribution in [0.1, 0.15) is 16.8 Å². The van der Waals surface area contributed by atoms with Crippen LogP contribution in [0.4, 0.5) is 11.5 Å². The number of anilines is 2. The maximum Gasteiger partial charge on any atom is 0.155 e. The molecule has 1 aromatic carbocycles. The number of hydrogen-bond acceptors (Lipinski definition) is 7. The van der Waals surface area contributed by atoms with Crippen molar-refractivity contribution in [3.8, 4) is 22.9 Å². The molecule has 1 aliphatic rings. The van der Waals surface area contributed by atoms with Gasteiger partial charge in [0.2, 0.25) is 0 Å². The fourth-order valence-electron chi connectivity index (χ4n) is 4.27. The fraction of sp³-hybridized carbons (Fsp3) is 0.276. The number of nitrogens with zero attached hydrogens (tertiary/aromatic N) is 5. The molecule has 0 unspecified atom stereocenters. The van der Waals surface area contributed by atoms with Crippen molar-refractivity contribution in [1.29, 1.82) is 0 Å². The molecule has 0 bridgehead atoms. The molecule has 4 heterocycles. The second-order valence-corrected chi connectivity index (χ2v) is 9.34. The summed E-state index contributed by atoms with van der Waals surface area (Å²) in [5.74, 6) is 2.08. The Morgan fingerprint density at radius 3 is 2.56 bits per heavy atom. The highest BCUT2D eigenvalue weighted by atomic mass is 16.5. The van der Waals surface area contributed by atoms with Gasteiger partial charge in [-0.25, -0.2) is 9.97 Å². The predicted molar refractivity (Wildman–Crippen MR) is 144 cm³/mol. The molecule has 4 aromatic rings. The van der Waals surface area contributed by atoms with Crippen molar-refractivity contribution >= 4 is 11.5 Å². The zero-order valence-corrected chi connectivity index (χ0v) is 21.1. The van der Waals surface area contributed by atoms with Crippen LogP contribution in [0.5, 0.6) is 11.5 Å². The average Bonchev–Trinajstić information content (AvgIpc) is 2.88. The van der Waals surface area contributed by atoms with Gasteiger partial charge in [0, 0.05) is 62.6 Å². The Bertz CT molecular complexity index is 1320. The number of pyridine rings is 3. The molecule has 1 N–H and O–H groups in total. The zero-order valence-electron chi connectivity index (χ0n) is 21.1. The SMILES string of the molecule is Cc1cc(Oc2ccnc(Nc3cccc(CN4CCN(C)CC4)c3)c2)c(-c2ccccn2)nc1C. The second kappa shape index (κ2) is 10.8. The lowest BCUT2D eigenvalue weighted by Crippen LogP contribution is -2.43. The van der Waals surface area contributed by atoms with Crippen LogP contribution in [0.25, 0.3) is 11.4 Å². The van der Waals surface area contributed by atoms with Crippen molar-refractivity contribution in [2.24, 2.45) is 0 Å². The summed E-state index contributed by atoms with van der Waals surface area (Å²) in [4.78, 5) is 18.6. The molecule has 0 amide bonds. The zero-order chi connectivity index (χ0) is 24.9. The summed E-state index contributed by atoms with van der Waals surface area (Å²) in [5.41, 5.74) is 5.82. The van der Waals surface area contributed by atoms with E-state index in [2.05, 4.69) is 56.4 Å². The highest BCUT2D eigenvalue weighted by molar-refractivity contribution is 5.65. The second-order valence-electron chi connectivity index (χ2n) is 9.34. The molecule has 184 valence electrons. The predicted octanol–water partition coefficient (Wildman–Crippen LogP) is 5.44. The molecular formula is C29H32N6O. The van der Waals surface area contributed by atoms with Crippen LogP contribution >= 0.6 is 0 Å². The van der Waals surface area contributed by atoms with Gasteiger partial charge in [0.15, 0.2) is 5.75 Å². The van der Waals surface area contributed by atoms with Crippen LogP contribution in [0.2, 0.25) is 0 Å². The first-order chi connectivity index (χ1) is 17.5. The first-order valence-electron chi connectivity index (χ1n) is 12.3. The van der Waals surface area contributed by atoms with Gasteiger partial charge >= 0.3 is 0 Å². The van der Waals surface area contributed by atoms with Crippen molar-refractivity contribution in [2.45, 2.75) is 20.4 Å². The van der Waals surface area contributed by atoms with E-state index in [1.165, 1.54) is 5.56 Å². The maximum atomic E-state index is 6.32. The number of nitrogens with one attached hydrogen (secondary N) is 1. The normalized spacial score (nSPS) is 14.5. The summed E-state index contributed by atoms with van der Waals surface area (Å²) in [5, 5.41) is 3.44. The van der Waals surface area contributed by atoms with Gasteiger partial charge in [0.1, 0.15) is 17.3 Å². The molecule has 3 aromatic heterocycles. The number of hydrogen-bond donors (Lipinski definition) is 1. The van der Waals surface area contributed by atoms with E-state index in [-0.39, 0.29) is 0 Å². The van der Waals surface area contributed by atoms with Gasteiger partial charge in [0.25, 0.3) is 0 Å². The lowest BCUT2D eigenvalue weighted by atomic mass is 10.1. The van der Waals surface area contributed by atoms with E-state index in [1.807, 2.05) is 50.2 Å².